The van der Waals surface area contributed by atoms with Crippen molar-refractivity contribution < 1.29 is 0 Å². The summed E-state index contributed by atoms with van der Waals surface area (Å²) >= 11 is 0. The van der Waals surface area contributed by atoms with E-state index in [1.54, 1.807) is 0 Å². The Kier molecular flexibility index (Phi) is 4.82. The van der Waals surface area contributed by atoms with Crippen LogP contribution in [0.5, 0.6) is 0 Å². The lowest BCUT2D eigenvalue weighted by Gasteiger charge is -2.27. The van der Waals surface area contributed by atoms with Crippen molar-refractivity contribution in [1.82, 2.24) is 4.57 Å². The van der Waals surface area contributed by atoms with Gasteiger partial charge in [-0.3, -0.25) is 0 Å². The van der Waals surface area contributed by atoms with E-state index in [2.05, 4.69) is 155 Å². The van der Waals surface area contributed by atoms with Crippen molar-refractivity contribution in [2.45, 2.75) is 0 Å². The molecule has 0 unspecified atom stereocenters. The molecule has 0 aliphatic rings. The van der Waals surface area contributed by atoms with Gasteiger partial charge in [-0.25, -0.2) is 0 Å². The van der Waals surface area contributed by atoms with Crippen LogP contribution in [0.4, 0.5) is 17.1 Å². The minimum Gasteiger partial charge on any atom is -0.310 e. The molecule has 0 amide bonds. The van der Waals surface area contributed by atoms with Gasteiger partial charge in [0.25, 0.3) is 0 Å². The molecule has 0 radical (unpaired) electrons. The summed E-state index contributed by atoms with van der Waals surface area (Å²) in [6.07, 6.45) is 0. The maximum absolute atomic E-state index is 2.41. The number of hydrogen-bond donors (Lipinski definition) is 0. The molecule has 0 fully saturated rings. The molecular weight excluding hydrogens is 436 g/mol. The Bertz CT molecular complexity index is 1780. The molecule has 1 heterocycles. The predicted molar refractivity (Wildman–Crippen MR) is 153 cm³/mol. The van der Waals surface area contributed by atoms with Crippen LogP contribution in [0, 0.1) is 0 Å². The first kappa shape index (κ1) is 20.5. The van der Waals surface area contributed by atoms with Crippen LogP contribution in [0.2, 0.25) is 0 Å². The lowest BCUT2D eigenvalue weighted by molar-refractivity contribution is 1.19. The van der Waals surface area contributed by atoms with E-state index in [9.17, 15) is 0 Å². The smallest absolute Gasteiger partial charge is 0.0621 e. The SMILES string of the molecule is c1ccc(N(c2ccccc2)c2cc3c4ccccc4n(-c4ccccc4)c3c3ccccc23)cc1. The average molecular weight is 461 g/mol. The van der Waals surface area contributed by atoms with E-state index in [0.717, 1.165) is 11.4 Å². The normalized spacial score (nSPS) is 11.3. The average Bonchev–Trinajstić information content (AvgIpc) is 3.29. The van der Waals surface area contributed by atoms with Gasteiger partial charge in [0.15, 0.2) is 0 Å². The van der Waals surface area contributed by atoms with Gasteiger partial charge >= 0.3 is 0 Å². The summed E-state index contributed by atoms with van der Waals surface area (Å²) in [7, 11) is 0. The van der Waals surface area contributed by atoms with Crippen molar-refractivity contribution in [3.8, 4) is 5.69 Å². The third-order valence-electron chi connectivity index (χ3n) is 6.94. The molecule has 0 aliphatic carbocycles. The molecule has 0 bridgehead atoms. The number of benzene rings is 6. The molecule has 0 spiro atoms. The molecule has 0 saturated heterocycles. The van der Waals surface area contributed by atoms with Crippen LogP contribution in [0.25, 0.3) is 38.3 Å². The molecule has 7 rings (SSSR count). The molecule has 1 aromatic heterocycles. The van der Waals surface area contributed by atoms with Crippen molar-refractivity contribution in [1.29, 1.82) is 0 Å². The molecule has 170 valence electrons. The van der Waals surface area contributed by atoms with E-state index < -0.39 is 0 Å². The zero-order valence-corrected chi connectivity index (χ0v) is 19.8. The molecule has 0 N–H and O–H groups in total. The number of fused-ring (bicyclic) bond motifs is 5. The quantitative estimate of drug-likeness (QED) is 0.254. The third-order valence-corrected chi connectivity index (χ3v) is 6.94. The Morgan fingerprint density at radius 1 is 0.417 bits per heavy atom. The van der Waals surface area contributed by atoms with E-state index in [1.165, 1.54) is 44.0 Å². The van der Waals surface area contributed by atoms with Crippen LogP contribution in [-0.4, -0.2) is 4.57 Å². The maximum Gasteiger partial charge on any atom is 0.0621 e. The van der Waals surface area contributed by atoms with Gasteiger partial charge in [-0.05, 0) is 48.5 Å². The number of para-hydroxylation sites is 4. The maximum atomic E-state index is 2.41. The van der Waals surface area contributed by atoms with E-state index in [1.807, 2.05) is 0 Å². The molecule has 6 aromatic carbocycles. The molecule has 7 aromatic rings. The Labute approximate surface area is 210 Å². The van der Waals surface area contributed by atoms with Gasteiger partial charge in [0.2, 0.25) is 0 Å². The third kappa shape index (κ3) is 3.19. The molecule has 2 nitrogen and oxygen atoms in total. The predicted octanol–water partition coefficient (Wildman–Crippen LogP) is 9.41. The Balaban J connectivity index is 1.65. The molecular formula is C34H24N2. The summed E-state index contributed by atoms with van der Waals surface area (Å²) in [5.41, 5.74) is 7.07. The summed E-state index contributed by atoms with van der Waals surface area (Å²) in [6.45, 7) is 0. The molecule has 0 atom stereocenters. The summed E-state index contributed by atoms with van der Waals surface area (Å²) in [6, 6.07) is 51.8. The Hall–Kier alpha value is -4.82. The number of nitrogens with zero attached hydrogens (tertiary/aromatic N) is 2. The molecule has 0 aliphatic heterocycles. The highest BCUT2D eigenvalue weighted by atomic mass is 15.1. The van der Waals surface area contributed by atoms with Crippen LogP contribution in [0.1, 0.15) is 0 Å². The van der Waals surface area contributed by atoms with Crippen molar-refractivity contribution in [2.24, 2.45) is 0 Å². The fourth-order valence-electron chi connectivity index (χ4n) is 5.42. The van der Waals surface area contributed by atoms with Gasteiger partial charge in [0.1, 0.15) is 0 Å². The topological polar surface area (TPSA) is 8.17 Å². The second-order valence-corrected chi connectivity index (χ2v) is 9.03. The summed E-state index contributed by atoms with van der Waals surface area (Å²) in [5.74, 6) is 0. The molecule has 0 saturated carbocycles. The van der Waals surface area contributed by atoms with Gasteiger partial charge in [-0.15, -0.1) is 0 Å². The highest BCUT2D eigenvalue weighted by Gasteiger charge is 2.21. The van der Waals surface area contributed by atoms with Gasteiger partial charge in [-0.1, -0.05) is 97.1 Å². The first-order valence-electron chi connectivity index (χ1n) is 12.3. The van der Waals surface area contributed by atoms with E-state index in [0.29, 0.717) is 0 Å². The van der Waals surface area contributed by atoms with Crippen molar-refractivity contribution in [2.75, 3.05) is 4.90 Å². The first-order valence-corrected chi connectivity index (χ1v) is 12.3. The standard InChI is InChI=1S/C34H24N2/c1-4-14-25(15-5-1)35(26-16-6-2-7-17-26)33-24-31-29-21-12-13-23-32(29)36(27-18-8-3-9-19-27)34(31)30-22-11-10-20-28(30)33/h1-24H. The largest absolute Gasteiger partial charge is 0.310 e. The van der Waals surface area contributed by atoms with Gasteiger partial charge < -0.3 is 9.47 Å². The molecule has 36 heavy (non-hydrogen) atoms. The van der Waals surface area contributed by atoms with Crippen molar-refractivity contribution in [3.05, 3.63) is 146 Å². The summed E-state index contributed by atoms with van der Waals surface area (Å²) < 4.78 is 2.41. The number of aromatic nitrogens is 1. The lowest BCUT2D eigenvalue weighted by atomic mass is 10.0. The van der Waals surface area contributed by atoms with Gasteiger partial charge in [0, 0.05) is 38.6 Å². The second-order valence-electron chi connectivity index (χ2n) is 9.03. The van der Waals surface area contributed by atoms with Crippen molar-refractivity contribution >= 4 is 49.6 Å². The highest BCUT2D eigenvalue weighted by molar-refractivity contribution is 6.22. The van der Waals surface area contributed by atoms with Crippen LogP contribution in [0.15, 0.2) is 146 Å². The van der Waals surface area contributed by atoms with Gasteiger partial charge in [0.05, 0.1) is 16.7 Å². The van der Waals surface area contributed by atoms with Crippen LogP contribution < -0.4 is 4.90 Å². The fraction of sp³-hybridized carbons (Fsp3) is 0. The summed E-state index contributed by atoms with van der Waals surface area (Å²) in [4.78, 5) is 2.37. The van der Waals surface area contributed by atoms with E-state index in [-0.39, 0.29) is 0 Å². The van der Waals surface area contributed by atoms with E-state index >= 15 is 0 Å². The van der Waals surface area contributed by atoms with E-state index in [4.69, 9.17) is 0 Å². The zero-order chi connectivity index (χ0) is 23.9. The monoisotopic (exact) mass is 460 g/mol. The number of rotatable bonds is 4. The minimum absolute atomic E-state index is 1.14. The number of hydrogen-bond acceptors (Lipinski definition) is 1. The first-order chi connectivity index (χ1) is 17.9. The zero-order valence-electron chi connectivity index (χ0n) is 19.8. The van der Waals surface area contributed by atoms with Gasteiger partial charge in [-0.2, -0.15) is 0 Å². The highest BCUT2D eigenvalue weighted by Crippen LogP contribution is 2.44. The number of anilines is 3. The van der Waals surface area contributed by atoms with Crippen molar-refractivity contribution in [3.63, 3.8) is 0 Å². The van der Waals surface area contributed by atoms with Crippen LogP contribution in [0.3, 0.4) is 0 Å². The van der Waals surface area contributed by atoms with Crippen LogP contribution >= 0.6 is 0 Å². The fourth-order valence-corrected chi connectivity index (χ4v) is 5.42. The molecule has 2 heteroatoms. The second kappa shape index (κ2) is 8.44. The summed E-state index contributed by atoms with van der Waals surface area (Å²) in [5, 5.41) is 4.96. The Morgan fingerprint density at radius 2 is 0.917 bits per heavy atom. The minimum atomic E-state index is 1.14. The van der Waals surface area contributed by atoms with Crippen LogP contribution in [-0.2, 0) is 0 Å². The Morgan fingerprint density at radius 3 is 1.56 bits per heavy atom. The lowest BCUT2D eigenvalue weighted by Crippen LogP contribution is -2.10.